The van der Waals surface area contributed by atoms with Crippen LogP contribution in [0.5, 0.6) is 0 Å². The van der Waals surface area contributed by atoms with Crippen molar-refractivity contribution in [1.82, 2.24) is 30.5 Å². The van der Waals surface area contributed by atoms with Crippen molar-refractivity contribution in [2.45, 2.75) is 107 Å². The van der Waals surface area contributed by atoms with Crippen LogP contribution in [0.15, 0.2) is 71.8 Å². The van der Waals surface area contributed by atoms with Crippen molar-refractivity contribution in [3.8, 4) is 22.4 Å². The van der Waals surface area contributed by atoms with E-state index < -0.39 is 11.9 Å². The van der Waals surface area contributed by atoms with Crippen LogP contribution < -0.4 is 26.8 Å². The lowest BCUT2D eigenvalue weighted by atomic mass is 9.83. The van der Waals surface area contributed by atoms with E-state index in [2.05, 4.69) is 41.1 Å². The number of nitrogens with one attached hydrogen (secondary N) is 5. The molecule has 3 amide bonds. The number of amides is 3. The average molecular weight is 793 g/mol. The van der Waals surface area contributed by atoms with Gasteiger partial charge in [-0.3, -0.25) is 24.5 Å². The number of piperidine rings is 2. The fourth-order valence-electron chi connectivity index (χ4n) is 9.26. The number of hydrogen-bond donors (Lipinski definition) is 5. The quantitative estimate of drug-likeness (QED) is 0.117. The van der Waals surface area contributed by atoms with E-state index in [0.29, 0.717) is 46.4 Å². The third-order valence-corrected chi connectivity index (χ3v) is 12.5. The zero-order valence-electron chi connectivity index (χ0n) is 32.4. The minimum atomic E-state index is -0.553. The molecule has 0 spiro atoms. The van der Waals surface area contributed by atoms with Gasteiger partial charge in [-0.1, -0.05) is 24.3 Å². The Morgan fingerprint density at radius 3 is 2.28 bits per heavy atom. The van der Waals surface area contributed by atoms with Crippen molar-refractivity contribution in [2.75, 3.05) is 23.7 Å². The first-order chi connectivity index (χ1) is 28.2. The first-order valence-corrected chi connectivity index (χ1v) is 20.7. The van der Waals surface area contributed by atoms with E-state index >= 15 is 4.39 Å². The topological polar surface area (TPSA) is 161 Å². The summed E-state index contributed by atoms with van der Waals surface area (Å²) in [5, 5.41) is 12.1. The van der Waals surface area contributed by atoms with Crippen LogP contribution in [0.4, 0.5) is 20.4 Å². The lowest BCUT2D eigenvalue weighted by molar-refractivity contribution is -0.133. The van der Waals surface area contributed by atoms with E-state index in [1.807, 2.05) is 12.1 Å². The highest BCUT2D eigenvalue weighted by Crippen LogP contribution is 2.35. The van der Waals surface area contributed by atoms with Crippen molar-refractivity contribution in [3.05, 3.63) is 94.5 Å². The third kappa shape index (κ3) is 9.12. The summed E-state index contributed by atoms with van der Waals surface area (Å²) >= 11 is 0. The normalized spacial score (nSPS) is 24.5. The van der Waals surface area contributed by atoms with Gasteiger partial charge >= 0.3 is 0 Å². The number of carbonyl (C=O) groups is 3. The van der Waals surface area contributed by atoms with Crippen LogP contribution in [-0.4, -0.2) is 74.8 Å². The summed E-state index contributed by atoms with van der Waals surface area (Å²) in [4.78, 5) is 63.2. The zero-order valence-corrected chi connectivity index (χ0v) is 32.4. The number of H-pyrrole nitrogens is 1. The summed E-state index contributed by atoms with van der Waals surface area (Å²) in [5.74, 6) is -0.935. The van der Waals surface area contributed by atoms with Crippen LogP contribution in [-0.2, 0) is 14.4 Å². The molecular weight excluding hydrogens is 743 g/mol. The van der Waals surface area contributed by atoms with Gasteiger partial charge in [-0.15, -0.1) is 0 Å². The van der Waals surface area contributed by atoms with E-state index in [4.69, 9.17) is 0 Å². The minimum absolute atomic E-state index is 0.0500. The molecule has 4 heterocycles. The summed E-state index contributed by atoms with van der Waals surface area (Å²) in [7, 11) is 0. The second-order valence-corrected chi connectivity index (χ2v) is 16.3. The Morgan fingerprint density at radius 2 is 1.53 bits per heavy atom. The number of imide groups is 1. The fraction of sp³-hybridized carbons (Fsp3) is 0.455. The Labute approximate surface area is 336 Å². The van der Waals surface area contributed by atoms with Gasteiger partial charge in [0.2, 0.25) is 23.7 Å². The first kappa shape index (κ1) is 39.3. The minimum Gasteiger partial charge on any atom is -0.374 e. The molecule has 2 saturated heterocycles. The van der Waals surface area contributed by atoms with Crippen molar-refractivity contribution >= 4 is 29.4 Å². The fourth-order valence-corrected chi connectivity index (χ4v) is 9.26. The van der Waals surface area contributed by atoms with Gasteiger partial charge < -0.3 is 25.8 Å². The Morgan fingerprint density at radius 1 is 0.776 bits per heavy atom. The molecule has 4 aliphatic rings. The molecule has 0 bridgehead atoms. The van der Waals surface area contributed by atoms with E-state index in [9.17, 15) is 23.6 Å². The van der Waals surface area contributed by atoms with Crippen molar-refractivity contribution < 1.29 is 23.2 Å². The molecule has 0 radical (unpaired) electrons. The third-order valence-electron chi connectivity index (χ3n) is 12.5. The summed E-state index contributed by atoms with van der Waals surface area (Å²) in [5.41, 5.74) is 2.87. The van der Waals surface area contributed by atoms with Crippen molar-refractivity contribution in [3.63, 3.8) is 0 Å². The number of aromatic amines is 1. The molecule has 304 valence electrons. The predicted octanol–water partition coefficient (Wildman–Crippen LogP) is 6.27. The second kappa shape index (κ2) is 17.6. The van der Waals surface area contributed by atoms with Crippen LogP contribution in [0.3, 0.4) is 0 Å². The van der Waals surface area contributed by atoms with E-state index in [0.717, 1.165) is 83.5 Å². The summed E-state index contributed by atoms with van der Waals surface area (Å²) in [6.07, 6.45) is 12.1. The molecule has 0 unspecified atom stereocenters. The Bertz CT molecular complexity index is 2190. The number of pyridine rings is 1. The molecule has 2 aromatic heterocycles. The SMILES string of the molecule is O=C1CC[C@@H](Nc2ccc(C3CCN(C4CCC(NC(=O)[C@H]5CC[C@H](Nc6ncc(F)c(-c7cccc(-c8ccc[nH]c8=O)c7)n6)CC5)CC4)CC3)c(F)c2)C(=O)N1. The number of benzene rings is 2. The molecule has 4 fully saturated rings. The molecule has 1 atom stereocenters. The smallest absolute Gasteiger partial charge is 0.255 e. The van der Waals surface area contributed by atoms with Gasteiger partial charge in [-0.05, 0) is 131 Å². The summed E-state index contributed by atoms with van der Waals surface area (Å²) < 4.78 is 30.2. The van der Waals surface area contributed by atoms with Gasteiger partial charge in [-0.25, -0.2) is 18.7 Å². The molecule has 2 saturated carbocycles. The largest absolute Gasteiger partial charge is 0.374 e. The number of aromatic nitrogens is 3. The molecule has 4 aromatic rings. The maximum absolute atomic E-state index is 15.3. The first-order valence-electron chi connectivity index (χ1n) is 20.7. The molecule has 2 aliphatic carbocycles. The number of anilines is 2. The molecule has 58 heavy (non-hydrogen) atoms. The zero-order chi connectivity index (χ0) is 40.2. The van der Waals surface area contributed by atoms with Gasteiger partial charge in [0, 0.05) is 53.5 Å². The number of likely N-dealkylation sites (tertiary alicyclic amines) is 1. The van der Waals surface area contributed by atoms with Gasteiger partial charge in [-0.2, -0.15) is 0 Å². The number of rotatable bonds is 10. The van der Waals surface area contributed by atoms with E-state index in [1.54, 1.807) is 42.6 Å². The second-order valence-electron chi connectivity index (χ2n) is 16.3. The maximum Gasteiger partial charge on any atom is 0.255 e. The van der Waals surface area contributed by atoms with Gasteiger partial charge in [0.15, 0.2) is 5.82 Å². The number of carbonyl (C=O) groups excluding carboxylic acids is 3. The number of hydrogen-bond acceptors (Lipinski definition) is 9. The van der Waals surface area contributed by atoms with Crippen LogP contribution in [0.1, 0.15) is 88.5 Å². The molecular formula is C44H50F2N8O4. The van der Waals surface area contributed by atoms with Gasteiger partial charge in [0.25, 0.3) is 5.56 Å². The molecule has 12 nitrogen and oxygen atoms in total. The number of nitrogens with zero attached hydrogens (tertiary/aromatic N) is 3. The maximum atomic E-state index is 15.3. The predicted molar refractivity (Wildman–Crippen MR) is 217 cm³/mol. The summed E-state index contributed by atoms with van der Waals surface area (Å²) in [6.45, 7) is 1.82. The highest BCUT2D eigenvalue weighted by Gasteiger charge is 2.33. The molecule has 2 aromatic carbocycles. The molecule has 2 aliphatic heterocycles. The number of halogens is 2. The van der Waals surface area contributed by atoms with Gasteiger partial charge in [0.1, 0.15) is 17.6 Å². The molecule has 8 rings (SSSR count). The van der Waals surface area contributed by atoms with Gasteiger partial charge in [0.05, 0.1) is 6.20 Å². The van der Waals surface area contributed by atoms with Crippen molar-refractivity contribution in [1.29, 1.82) is 0 Å². The van der Waals surface area contributed by atoms with Crippen LogP contribution in [0.25, 0.3) is 22.4 Å². The van der Waals surface area contributed by atoms with Crippen LogP contribution >= 0.6 is 0 Å². The Hall–Kier alpha value is -5.50. The molecule has 14 heteroatoms. The highest BCUT2D eigenvalue weighted by atomic mass is 19.1. The molecule has 5 N–H and O–H groups in total. The standard InChI is InChI=1S/C44H50F2N8O4/c45-36-24-32(49-38-16-17-39(55)52-43(38)58)12-15-34(36)26-18-21-54(22-19-26)33-13-10-30(11-14-33)50-41(56)27-6-8-31(9-7-27)51-44-48-25-37(46)40(53-44)29-4-1-3-28(23-29)35-5-2-20-47-42(35)57/h1-5,12,15,20,23-27,30-31,33,38,49H,6-11,13-14,16-19,21-22H2,(H,47,57)(H,50,56)(H,48,51,53)(H,52,55,58)/t27-,30?,31-,33?,38-/m1/s1. The summed E-state index contributed by atoms with van der Waals surface area (Å²) in [6, 6.07) is 15.8. The highest BCUT2D eigenvalue weighted by molar-refractivity contribution is 6.01. The monoisotopic (exact) mass is 792 g/mol. The lowest BCUT2D eigenvalue weighted by Crippen LogP contribution is -2.47. The van der Waals surface area contributed by atoms with Crippen LogP contribution in [0, 0.1) is 17.6 Å². The Kier molecular flexibility index (Phi) is 11.9. The van der Waals surface area contributed by atoms with E-state index in [1.165, 1.54) is 6.07 Å². The van der Waals surface area contributed by atoms with E-state index in [-0.39, 0.29) is 65.1 Å². The Balaban J connectivity index is 0.760. The average Bonchev–Trinajstić information content (AvgIpc) is 3.23. The lowest BCUT2D eigenvalue weighted by Gasteiger charge is -2.41. The van der Waals surface area contributed by atoms with Crippen molar-refractivity contribution in [2.24, 2.45) is 5.92 Å². The van der Waals surface area contributed by atoms with Crippen LogP contribution in [0.2, 0.25) is 0 Å².